The Morgan fingerprint density at radius 1 is 1.05 bits per heavy atom. The van der Waals surface area contributed by atoms with E-state index >= 15 is 0 Å². The molecule has 0 radical (unpaired) electrons. The molecule has 0 saturated heterocycles. The summed E-state index contributed by atoms with van der Waals surface area (Å²) in [6.45, 7) is 5.84. The molecule has 1 nitrogen and oxygen atoms in total. The van der Waals surface area contributed by atoms with Gasteiger partial charge < -0.3 is 0 Å². The van der Waals surface area contributed by atoms with Crippen LogP contribution in [0.3, 0.4) is 0 Å². The number of Topliss-reactive ketones (excluding diaryl/α,β-unsaturated/α-hetero) is 1. The van der Waals surface area contributed by atoms with E-state index in [1.807, 2.05) is 51.1 Å². The average molecular weight is 284 g/mol. The summed E-state index contributed by atoms with van der Waals surface area (Å²) in [7, 11) is 0. The van der Waals surface area contributed by atoms with Crippen molar-refractivity contribution < 1.29 is 9.18 Å². The van der Waals surface area contributed by atoms with Gasteiger partial charge in [-0.15, -0.1) is 0 Å². The standard InChI is InChI=1S/C19H21FO/c1-4-19(5-2,16-9-7-6-8-10-16)18(21)15-11-14(3)12-17(20)13-15/h6-13H,4-5H2,1-3H3. The molecule has 0 aliphatic rings. The lowest BCUT2D eigenvalue weighted by molar-refractivity contribution is 0.0872. The van der Waals surface area contributed by atoms with Gasteiger partial charge >= 0.3 is 0 Å². The number of hydrogen-bond acceptors (Lipinski definition) is 1. The van der Waals surface area contributed by atoms with Gasteiger partial charge in [0.15, 0.2) is 5.78 Å². The highest BCUT2D eigenvalue weighted by Crippen LogP contribution is 2.35. The summed E-state index contributed by atoms with van der Waals surface area (Å²) in [5.41, 5.74) is 1.65. The first-order chi connectivity index (χ1) is 10.0. The van der Waals surface area contributed by atoms with Gasteiger partial charge in [-0.25, -0.2) is 4.39 Å². The summed E-state index contributed by atoms with van der Waals surface area (Å²) < 4.78 is 13.6. The van der Waals surface area contributed by atoms with Gasteiger partial charge in [0.25, 0.3) is 0 Å². The maximum atomic E-state index is 13.6. The lowest BCUT2D eigenvalue weighted by Gasteiger charge is -2.31. The fraction of sp³-hybridized carbons (Fsp3) is 0.316. The molecule has 0 aliphatic heterocycles. The molecule has 2 aromatic carbocycles. The van der Waals surface area contributed by atoms with Crippen LogP contribution in [0, 0.1) is 12.7 Å². The van der Waals surface area contributed by atoms with Gasteiger partial charge in [-0.3, -0.25) is 4.79 Å². The number of halogens is 1. The van der Waals surface area contributed by atoms with Crippen molar-refractivity contribution in [1.29, 1.82) is 0 Å². The summed E-state index contributed by atoms with van der Waals surface area (Å²) >= 11 is 0. The van der Waals surface area contributed by atoms with Crippen molar-refractivity contribution in [2.75, 3.05) is 0 Å². The maximum absolute atomic E-state index is 13.6. The minimum atomic E-state index is -0.582. The molecular formula is C19H21FO. The monoisotopic (exact) mass is 284 g/mol. The van der Waals surface area contributed by atoms with E-state index in [1.54, 1.807) is 6.07 Å². The van der Waals surface area contributed by atoms with Crippen LogP contribution in [0.5, 0.6) is 0 Å². The molecule has 0 heterocycles. The fourth-order valence-corrected chi connectivity index (χ4v) is 3.01. The Balaban J connectivity index is 2.54. The number of hydrogen-bond donors (Lipinski definition) is 0. The molecular weight excluding hydrogens is 263 g/mol. The molecule has 0 fully saturated rings. The third-order valence-electron chi connectivity index (χ3n) is 4.27. The van der Waals surface area contributed by atoms with Crippen molar-refractivity contribution in [1.82, 2.24) is 0 Å². The van der Waals surface area contributed by atoms with Gasteiger partial charge in [0, 0.05) is 5.56 Å². The van der Waals surface area contributed by atoms with Gasteiger partial charge in [-0.2, -0.15) is 0 Å². The number of benzene rings is 2. The lowest BCUT2D eigenvalue weighted by atomic mass is 9.70. The van der Waals surface area contributed by atoms with E-state index in [4.69, 9.17) is 0 Å². The molecule has 0 spiro atoms. The van der Waals surface area contributed by atoms with E-state index in [0.29, 0.717) is 18.4 Å². The zero-order valence-corrected chi connectivity index (χ0v) is 12.8. The van der Waals surface area contributed by atoms with E-state index in [2.05, 4.69) is 0 Å². The summed E-state index contributed by atoms with van der Waals surface area (Å²) in [6, 6.07) is 14.4. The molecule has 0 N–H and O–H groups in total. The quantitative estimate of drug-likeness (QED) is 0.700. The first-order valence-electron chi connectivity index (χ1n) is 7.41. The number of rotatable bonds is 5. The van der Waals surface area contributed by atoms with Crippen molar-refractivity contribution in [2.24, 2.45) is 0 Å². The van der Waals surface area contributed by atoms with Crippen molar-refractivity contribution in [2.45, 2.75) is 39.0 Å². The smallest absolute Gasteiger partial charge is 0.173 e. The second-order valence-electron chi connectivity index (χ2n) is 5.50. The van der Waals surface area contributed by atoms with Gasteiger partial charge in [0.1, 0.15) is 5.82 Å². The number of aryl methyl sites for hydroxylation is 1. The highest BCUT2D eigenvalue weighted by atomic mass is 19.1. The Kier molecular flexibility index (Phi) is 4.56. The molecule has 0 aliphatic carbocycles. The van der Waals surface area contributed by atoms with E-state index < -0.39 is 5.41 Å². The molecule has 0 saturated carbocycles. The van der Waals surface area contributed by atoms with Crippen LogP contribution in [-0.4, -0.2) is 5.78 Å². The molecule has 110 valence electrons. The molecule has 0 amide bonds. The summed E-state index contributed by atoms with van der Waals surface area (Å²) in [5.74, 6) is -0.353. The second kappa shape index (κ2) is 6.21. The summed E-state index contributed by atoms with van der Waals surface area (Å²) in [6.07, 6.45) is 1.39. The molecule has 2 rings (SSSR count). The third kappa shape index (κ3) is 2.90. The zero-order chi connectivity index (χ0) is 15.5. The normalized spacial score (nSPS) is 11.4. The van der Waals surface area contributed by atoms with E-state index in [9.17, 15) is 9.18 Å². The van der Waals surface area contributed by atoms with Crippen molar-refractivity contribution in [3.8, 4) is 0 Å². The zero-order valence-electron chi connectivity index (χ0n) is 12.8. The SMILES string of the molecule is CCC(CC)(C(=O)c1cc(C)cc(F)c1)c1ccccc1. The second-order valence-corrected chi connectivity index (χ2v) is 5.50. The molecule has 0 bridgehead atoms. The Labute approximate surface area is 125 Å². The van der Waals surface area contributed by atoms with Crippen LogP contribution in [0.15, 0.2) is 48.5 Å². The van der Waals surface area contributed by atoms with E-state index in [1.165, 1.54) is 12.1 Å². The van der Waals surface area contributed by atoms with Crippen LogP contribution in [0.25, 0.3) is 0 Å². The minimum absolute atomic E-state index is 0.00120. The fourth-order valence-electron chi connectivity index (χ4n) is 3.01. The van der Waals surface area contributed by atoms with Gasteiger partial charge in [-0.1, -0.05) is 44.2 Å². The van der Waals surface area contributed by atoms with Crippen LogP contribution in [0.1, 0.15) is 48.2 Å². The lowest BCUT2D eigenvalue weighted by Crippen LogP contribution is -2.35. The van der Waals surface area contributed by atoms with Gasteiger partial charge in [0.05, 0.1) is 5.41 Å². The molecule has 2 heteroatoms. The van der Waals surface area contributed by atoms with Crippen molar-refractivity contribution >= 4 is 5.78 Å². The topological polar surface area (TPSA) is 17.1 Å². The Morgan fingerprint density at radius 2 is 1.67 bits per heavy atom. The van der Waals surface area contributed by atoms with Crippen LogP contribution in [0.2, 0.25) is 0 Å². The highest BCUT2D eigenvalue weighted by Gasteiger charge is 2.37. The van der Waals surface area contributed by atoms with Gasteiger partial charge in [-0.05, 0) is 49.1 Å². The van der Waals surface area contributed by atoms with E-state index in [-0.39, 0.29) is 11.6 Å². The highest BCUT2D eigenvalue weighted by molar-refractivity contribution is 6.04. The third-order valence-corrected chi connectivity index (χ3v) is 4.27. The van der Waals surface area contributed by atoms with Crippen LogP contribution >= 0.6 is 0 Å². The first-order valence-corrected chi connectivity index (χ1v) is 7.41. The average Bonchev–Trinajstić information content (AvgIpc) is 2.49. The summed E-state index contributed by atoms with van der Waals surface area (Å²) in [5, 5.41) is 0. The Hall–Kier alpha value is -1.96. The molecule has 0 atom stereocenters. The maximum Gasteiger partial charge on any atom is 0.173 e. The summed E-state index contributed by atoms with van der Waals surface area (Å²) in [4.78, 5) is 13.1. The van der Waals surface area contributed by atoms with Crippen molar-refractivity contribution in [3.05, 3.63) is 71.0 Å². The molecule has 0 unspecified atom stereocenters. The number of ketones is 1. The molecule has 2 aromatic rings. The largest absolute Gasteiger partial charge is 0.293 e. The molecule has 21 heavy (non-hydrogen) atoms. The van der Waals surface area contributed by atoms with Crippen LogP contribution in [0.4, 0.5) is 4.39 Å². The minimum Gasteiger partial charge on any atom is -0.293 e. The number of carbonyl (C=O) groups excluding carboxylic acids is 1. The van der Waals surface area contributed by atoms with Crippen LogP contribution < -0.4 is 0 Å². The molecule has 0 aromatic heterocycles. The Bertz CT molecular complexity index is 607. The number of carbonyl (C=O) groups is 1. The predicted molar refractivity (Wildman–Crippen MR) is 84.2 cm³/mol. The van der Waals surface area contributed by atoms with Gasteiger partial charge in [0.2, 0.25) is 0 Å². The predicted octanol–water partition coefficient (Wildman–Crippen LogP) is 5.07. The Morgan fingerprint density at radius 3 is 2.19 bits per heavy atom. The first kappa shape index (κ1) is 15.4. The van der Waals surface area contributed by atoms with E-state index in [0.717, 1.165) is 11.1 Å². The van der Waals surface area contributed by atoms with Crippen molar-refractivity contribution in [3.63, 3.8) is 0 Å². The van der Waals surface area contributed by atoms with Crippen LogP contribution in [-0.2, 0) is 5.41 Å².